The molecule has 1 unspecified atom stereocenters. The van der Waals surface area contributed by atoms with Gasteiger partial charge in [0.15, 0.2) is 0 Å². The van der Waals surface area contributed by atoms with E-state index < -0.39 is 30.4 Å². The molecule has 0 radical (unpaired) electrons. The van der Waals surface area contributed by atoms with Crippen molar-refractivity contribution in [3.63, 3.8) is 0 Å². The van der Waals surface area contributed by atoms with Gasteiger partial charge in [0.1, 0.15) is 6.61 Å². The molecule has 0 aliphatic heterocycles. The minimum Gasteiger partial charge on any atom is -0.463 e. The maximum absolute atomic E-state index is 12.8. The van der Waals surface area contributed by atoms with E-state index in [1.54, 1.807) is 0 Å². The molecule has 0 aromatic carbocycles. The zero-order chi connectivity index (χ0) is 21.2. The van der Waals surface area contributed by atoms with E-state index in [1.165, 1.54) is 0 Å². The molecule has 160 valence electrons. The Labute approximate surface area is 159 Å². The van der Waals surface area contributed by atoms with Gasteiger partial charge in [0, 0.05) is 6.08 Å². The third kappa shape index (κ3) is 9.05. The number of alkyl halides is 4. The second-order valence-corrected chi connectivity index (χ2v) is 6.32. The third-order valence-electron chi connectivity index (χ3n) is 4.15. The minimum absolute atomic E-state index is 0.0160. The average molecular weight is 413 g/mol. The quantitative estimate of drug-likeness (QED) is 0.206. The predicted octanol–water partition coefficient (Wildman–Crippen LogP) is 2.69. The van der Waals surface area contributed by atoms with Gasteiger partial charge < -0.3 is 19.5 Å². The van der Waals surface area contributed by atoms with Gasteiger partial charge in [-0.3, -0.25) is 0 Å². The lowest BCUT2D eigenvalue weighted by Gasteiger charge is -2.28. The van der Waals surface area contributed by atoms with Crippen LogP contribution in [0.15, 0.2) is 12.7 Å². The maximum atomic E-state index is 12.8. The molecule has 1 atom stereocenters. The van der Waals surface area contributed by atoms with Gasteiger partial charge in [0.25, 0.3) is 6.17 Å². The lowest BCUT2D eigenvalue weighted by atomic mass is 9.83. The van der Waals surface area contributed by atoms with Crippen molar-refractivity contribution in [1.29, 1.82) is 0 Å². The van der Waals surface area contributed by atoms with Gasteiger partial charge in [-0.2, -0.15) is 13.2 Å². The molecule has 0 bridgehead atoms. The highest BCUT2D eigenvalue weighted by molar-refractivity contribution is 5.81. The number of hydrogen-bond donors (Lipinski definition) is 1. The molecular formula is C17H23F4NO6. The summed E-state index contributed by atoms with van der Waals surface area (Å²) in [5.74, 6) is -2.61. The summed E-state index contributed by atoms with van der Waals surface area (Å²) in [6.45, 7) is 3.18. The van der Waals surface area contributed by atoms with Gasteiger partial charge in [-0.1, -0.05) is 6.58 Å². The third-order valence-corrected chi connectivity index (χ3v) is 4.15. The first-order valence-corrected chi connectivity index (χ1v) is 8.70. The topological polar surface area (TPSA) is 90.9 Å². The Hall–Kier alpha value is -2.33. The average Bonchev–Trinajstić information content (AvgIpc) is 2.66. The van der Waals surface area contributed by atoms with Gasteiger partial charge in [0.2, 0.25) is 0 Å². The fraction of sp³-hybridized carbons (Fsp3) is 0.706. The second kappa shape index (κ2) is 11.5. The molecular weight excluding hydrogens is 390 g/mol. The van der Waals surface area contributed by atoms with Crippen molar-refractivity contribution in [3.05, 3.63) is 12.7 Å². The molecule has 1 fully saturated rings. The first-order chi connectivity index (χ1) is 13.1. The molecule has 1 amide bonds. The number of ether oxygens (including phenoxy) is 3. The van der Waals surface area contributed by atoms with Crippen molar-refractivity contribution in [2.75, 3.05) is 26.4 Å². The molecule has 0 heterocycles. The first-order valence-electron chi connectivity index (χ1n) is 8.70. The van der Waals surface area contributed by atoms with Crippen LogP contribution in [0.25, 0.3) is 0 Å². The van der Waals surface area contributed by atoms with Crippen LogP contribution in [0.5, 0.6) is 0 Å². The molecule has 0 aromatic rings. The Morgan fingerprint density at radius 2 is 1.57 bits per heavy atom. The lowest BCUT2D eigenvalue weighted by Crippen LogP contribution is -2.35. The summed E-state index contributed by atoms with van der Waals surface area (Å²) in [7, 11) is 0. The standard InChI is InChI=1S/C17H23F4NO6/c1-2-13(23)26-8-7-22-16(25)28-10-12-5-3-11(4-6-12)9-27-15(24)14(18)17(19,20)21/h2,11-12,14H,1,3-10H2,(H,22,25). The Balaban J connectivity index is 2.14. The molecule has 0 saturated heterocycles. The second-order valence-electron chi connectivity index (χ2n) is 6.32. The van der Waals surface area contributed by atoms with E-state index in [0.29, 0.717) is 25.7 Å². The number of esters is 2. The number of carbonyl (C=O) groups excluding carboxylic acids is 3. The molecule has 1 rings (SSSR count). The molecule has 1 saturated carbocycles. The van der Waals surface area contributed by atoms with Crippen LogP contribution in [-0.2, 0) is 23.8 Å². The summed E-state index contributed by atoms with van der Waals surface area (Å²) >= 11 is 0. The largest absolute Gasteiger partial charge is 0.463 e. The number of nitrogens with one attached hydrogen (secondary N) is 1. The van der Waals surface area contributed by atoms with Crippen LogP contribution in [-0.4, -0.2) is 56.7 Å². The van der Waals surface area contributed by atoms with Gasteiger partial charge in [-0.25, -0.2) is 18.8 Å². The van der Waals surface area contributed by atoms with E-state index in [2.05, 4.69) is 21.4 Å². The van der Waals surface area contributed by atoms with Crippen LogP contribution in [0.1, 0.15) is 25.7 Å². The van der Waals surface area contributed by atoms with E-state index in [-0.39, 0.29) is 38.2 Å². The van der Waals surface area contributed by atoms with E-state index in [9.17, 15) is 31.9 Å². The highest BCUT2D eigenvalue weighted by atomic mass is 19.4. The van der Waals surface area contributed by atoms with E-state index in [0.717, 1.165) is 6.08 Å². The van der Waals surface area contributed by atoms with Crippen molar-refractivity contribution in [1.82, 2.24) is 5.32 Å². The van der Waals surface area contributed by atoms with E-state index in [1.807, 2.05) is 0 Å². The summed E-state index contributed by atoms with van der Waals surface area (Å²) in [5.41, 5.74) is 0. The summed E-state index contributed by atoms with van der Waals surface area (Å²) in [6.07, 6.45) is -6.17. The van der Waals surface area contributed by atoms with Crippen LogP contribution < -0.4 is 5.32 Å². The van der Waals surface area contributed by atoms with E-state index in [4.69, 9.17) is 4.74 Å². The summed E-state index contributed by atoms with van der Waals surface area (Å²) in [6, 6.07) is 0. The smallest absolute Gasteiger partial charge is 0.430 e. The van der Waals surface area contributed by atoms with Crippen LogP contribution in [0.3, 0.4) is 0 Å². The van der Waals surface area contributed by atoms with Crippen LogP contribution >= 0.6 is 0 Å². The lowest BCUT2D eigenvalue weighted by molar-refractivity contribution is -0.202. The molecule has 7 nitrogen and oxygen atoms in total. The van der Waals surface area contributed by atoms with Crippen LogP contribution in [0.4, 0.5) is 22.4 Å². The monoisotopic (exact) mass is 413 g/mol. The Morgan fingerprint density at radius 3 is 2.07 bits per heavy atom. The van der Waals surface area contributed by atoms with Gasteiger partial charge >= 0.3 is 24.2 Å². The molecule has 28 heavy (non-hydrogen) atoms. The van der Waals surface area contributed by atoms with E-state index >= 15 is 0 Å². The number of hydrogen-bond acceptors (Lipinski definition) is 6. The normalized spacial score (nSPS) is 20.6. The fourth-order valence-electron chi connectivity index (χ4n) is 2.58. The minimum atomic E-state index is -5.26. The SMILES string of the molecule is C=CC(=O)OCCNC(=O)OCC1CCC(COC(=O)C(F)C(F)(F)F)CC1. The van der Waals surface area contributed by atoms with Gasteiger partial charge in [-0.05, 0) is 37.5 Å². The number of rotatable bonds is 9. The summed E-state index contributed by atoms with van der Waals surface area (Å²) in [4.78, 5) is 33.3. The number of amides is 1. The Morgan fingerprint density at radius 1 is 1.04 bits per heavy atom. The molecule has 1 aliphatic carbocycles. The molecule has 0 spiro atoms. The molecule has 11 heteroatoms. The zero-order valence-corrected chi connectivity index (χ0v) is 15.1. The molecule has 1 N–H and O–H groups in total. The maximum Gasteiger partial charge on any atom is 0.430 e. The van der Waals surface area contributed by atoms with Crippen molar-refractivity contribution in [3.8, 4) is 0 Å². The zero-order valence-electron chi connectivity index (χ0n) is 15.1. The molecule has 0 aromatic heterocycles. The highest BCUT2D eigenvalue weighted by Crippen LogP contribution is 2.30. The van der Waals surface area contributed by atoms with Gasteiger partial charge in [0.05, 0.1) is 19.8 Å². The Bertz CT molecular complexity index is 546. The highest BCUT2D eigenvalue weighted by Gasteiger charge is 2.47. The van der Waals surface area contributed by atoms with Crippen molar-refractivity contribution in [2.24, 2.45) is 11.8 Å². The predicted molar refractivity (Wildman–Crippen MR) is 87.9 cm³/mol. The van der Waals surface area contributed by atoms with Crippen LogP contribution in [0, 0.1) is 11.8 Å². The fourth-order valence-corrected chi connectivity index (χ4v) is 2.58. The first kappa shape index (κ1) is 23.7. The Kier molecular flexibility index (Phi) is 9.74. The summed E-state index contributed by atoms with van der Waals surface area (Å²) < 4.78 is 63.1. The number of alkyl carbamates (subject to hydrolysis) is 1. The number of carbonyl (C=O) groups is 3. The van der Waals surface area contributed by atoms with Gasteiger partial charge in [-0.15, -0.1) is 0 Å². The van der Waals surface area contributed by atoms with Crippen molar-refractivity contribution in [2.45, 2.75) is 38.0 Å². The molecule has 1 aliphatic rings. The summed E-state index contributed by atoms with van der Waals surface area (Å²) in [5, 5.41) is 2.41. The van der Waals surface area contributed by atoms with Crippen molar-refractivity contribution >= 4 is 18.0 Å². The van der Waals surface area contributed by atoms with Crippen LogP contribution in [0.2, 0.25) is 0 Å². The van der Waals surface area contributed by atoms with Crippen molar-refractivity contribution < 1.29 is 46.2 Å². The number of halogens is 4.